The van der Waals surface area contributed by atoms with Crippen molar-refractivity contribution in [2.75, 3.05) is 13.7 Å². The average Bonchev–Trinajstić information content (AvgIpc) is 3.68. The number of amides is 1. The molecule has 352 valence electrons. The van der Waals surface area contributed by atoms with Crippen molar-refractivity contribution in [2.45, 2.75) is 120 Å². The van der Waals surface area contributed by atoms with Gasteiger partial charge in [-0.1, -0.05) is 221 Å². The smallest absolute Gasteiger partial charge is 0.410 e. The first-order valence-electron chi connectivity index (χ1n) is 24.6. The highest BCUT2D eigenvalue weighted by atomic mass is 35.5. The second kappa shape index (κ2) is 22.3. The summed E-state index contributed by atoms with van der Waals surface area (Å²) in [4.78, 5) is 45.1. The molecule has 0 saturated heterocycles. The second-order valence-corrected chi connectivity index (χ2v) is 19.4. The summed E-state index contributed by atoms with van der Waals surface area (Å²) in [5.41, 5.74) is 5.61. The Morgan fingerprint density at radius 2 is 1.07 bits per heavy atom. The molecule has 6 aromatic carbocycles. The zero-order valence-corrected chi connectivity index (χ0v) is 40.5. The molecule has 1 amide bonds. The van der Waals surface area contributed by atoms with E-state index < -0.39 is 41.7 Å². The lowest BCUT2D eigenvalue weighted by atomic mass is 9.78. The van der Waals surface area contributed by atoms with Crippen molar-refractivity contribution in [3.63, 3.8) is 0 Å². The maximum absolute atomic E-state index is 15.1. The Balaban J connectivity index is 1.12. The standard InChI is InChI=1S/C60H64ClNO6/c1-59(2,45-27-15-11-16-28-45)68-57(64)55(62(3)58(65)66-42-52-50-33-21-19-31-48(50)49-32-20-22-34-51(49)52)41-56(63)67-60(46-29-17-12-18-30-46,53-35-23-24-36-54(53)61)47-39-37-44(38-40-47)43-25-13-9-7-5-4-6-8-10-14-26-43/h11-12,15-24,27-40,43,52,55H,4-10,13-14,25-26,41-42H2,1-3H3/t55-,60?/m0/s1. The number of nitrogens with zero attached hydrogens (tertiary/aromatic N) is 1. The molecule has 0 N–H and O–H groups in total. The minimum atomic E-state index is -1.54. The maximum Gasteiger partial charge on any atom is 0.410 e. The summed E-state index contributed by atoms with van der Waals surface area (Å²) in [5.74, 6) is -1.31. The Kier molecular flexibility index (Phi) is 15.8. The summed E-state index contributed by atoms with van der Waals surface area (Å²) in [6.07, 6.45) is 12.4. The minimum Gasteiger partial charge on any atom is -0.453 e. The van der Waals surface area contributed by atoms with E-state index in [1.807, 2.05) is 115 Å². The van der Waals surface area contributed by atoms with E-state index >= 15 is 4.79 Å². The van der Waals surface area contributed by atoms with Gasteiger partial charge in [0.15, 0.2) is 5.60 Å². The first kappa shape index (κ1) is 48.3. The van der Waals surface area contributed by atoms with Crippen molar-refractivity contribution >= 4 is 29.6 Å². The summed E-state index contributed by atoms with van der Waals surface area (Å²) in [6, 6.07) is 49.6. The van der Waals surface area contributed by atoms with Crippen molar-refractivity contribution in [2.24, 2.45) is 0 Å². The molecule has 2 atom stereocenters. The summed E-state index contributed by atoms with van der Waals surface area (Å²) >= 11 is 7.13. The van der Waals surface area contributed by atoms with Crippen LogP contribution in [0.5, 0.6) is 0 Å². The van der Waals surface area contributed by atoms with Crippen molar-refractivity contribution in [3.05, 3.63) is 202 Å². The van der Waals surface area contributed by atoms with Crippen LogP contribution in [-0.4, -0.2) is 42.6 Å². The van der Waals surface area contributed by atoms with Gasteiger partial charge >= 0.3 is 18.0 Å². The molecular weight excluding hydrogens is 866 g/mol. The molecule has 6 aromatic rings. The van der Waals surface area contributed by atoms with Crippen molar-refractivity contribution < 1.29 is 28.6 Å². The molecule has 1 unspecified atom stereocenters. The van der Waals surface area contributed by atoms with E-state index in [0.717, 1.165) is 45.6 Å². The number of carbonyl (C=O) groups excluding carboxylic acids is 3. The number of fused-ring (bicyclic) bond motifs is 3. The highest BCUT2D eigenvalue weighted by molar-refractivity contribution is 6.31. The molecule has 0 aliphatic heterocycles. The summed E-state index contributed by atoms with van der Waals surface area (Å²) in [7, 11) is 1.47. The second-order valence-electron chi connectivity index (χ2n) is 19.0. The predicted molar refractivity (Wildman–Crippen MR) is 271 cm³/mol. The molecule has 8 heteroatoms. The summed E-state index contributed by atoms with van der Waals surface area (Å²) in [5, 5.41) is 0.406. The van der Waals surface area contributed by atoms with Gasteiger partial charge in [0.25, 0.3) is 0 Å². The van der Waals surface area contributed by atoms with Gasteiger partial charge in [0, 0.05) is 34.7 Å². The van der Waals surface area contributed by atoms with Crippen LogP contribution in [0.3, 0.4) is 0 Å². The third-order valence-corrected chi connectivity index (χ3v) is 14.5. The fourth-order valence-electron chi connectivity index (χ4n) is 10.3. The molecule has 68 heavy (non-hydrogen) atoms. The van der Waals surface area contributed by atoms with Crippen LogP contribution in [0.2, 0.25) is 5.02 Å². The summed E-state index contributed by atoms with van der Waals surface area (Å²) < 4.78 is 19.2. The third kappa shape index (κ3) is 10.9. The number of ether oxygens (including phenoxy) is 3. The SMILES string of the molecule is CN(C(=O)OCC1c2ccccc2-c2ccccc21)[C@@H](CC(=O)OC(c1ccccc1)(c1ccc(C2CCCCCCCCCCC2)cc1)c1ccccc1Cl)C(=O)OC(C)(C)c1ccccc1. The van der Waals surface area contributed by atoms with E-state index in [4.69, 9.17) is 25.8 Å². The monoisotopic (exact) mass is 929 g/mol. The van der Waals surface area contributed by atoms with Crippen LogP contribution in [0.4, 0.5) is 4.79 Å². The Labute approximate surface area is 407 Å². The molecule has 0 radical (unpaired) electrons. The van der Waals surface area contributed by atoms with E-state index in [1.54, 1.807) is 19.9 Å². The van der Waals surface area contributed by atoms with Crippen molar-refractivity contribution in [1.82, 2.24) is 4.90 Å². The van der Waals surface area contributed by atoms with Gasteiger partial charge in [-0.2, -0.15) is 0 Å². The zero-order chi connectivity index (χ0) is 47.5. The van der Waals surface area contributed by atoms with E-state index in [0.29, 0.717) is 27.6 Å². The average molecular weight is 931 g/mol. The first-order chi connectivity index (χ1) is 33.1. The first-order valence-corrected chi connectivity index (χ1v) is 24.9. The number of esters is 2. The number of rotatable bonds is 13. The van der Waals surface area contributed by atoms with Crippen LogP contribution in [-0.2, 0) is 35.0 Å². The Hall–Kier alpha value is -6.18. The fraction of sp³-hybridized carbons (Fsp3) is 0.350. The zero-order valence-electron chi connectivity index (χ0n) is 39.7. The molecule has 7 nitrogen and oxygen atoms in total. The van der Waals surface area contributed by atoms with Crippen LogP contribution in [0.15, 0.2) is 158 Å². The Bertz CT molecular complexity index is 2570. The lowest BCUT2D eigenvalue weighted by molar-refractivity contribution is -0.168. The molecule has 8 rings (SSSR count). The minimum absolute atomic E-state index is 0.0272. The molecule has 1 fully saturated rings. The van der Waals surface area contributed by atoms with Gasteiger partial charge in [-0.3, -0.25) is 9.69 Å². The molecule has 1 saturated carbocycles. The van der Waals surface area contributed by atoms with Crippen LogP contribution < -0.4 is 0 Å². The number of halogens is 1. The molecule has 0 heterocycles. The highest BCUT2D eigenvalue weighted by Gasteiger charge is 2.44. The number of hydrogen-bond donors (Lipinski definition) is 0. The van der Waals surface area contributed by atoms with Crippen LogP contribution in [0.1, 0.15) is 142 Å². The van der Waals surface area contributed by atoms with Crippen LogP contribution in [0.25, 0.3) is 11.1 Å². The molecular formula is C60H64ClNO6. The number of carbonyl (C=O) groups is 3. The van der Waals surface area contributed by atoms with Gasteiger partial charge in [-0.05, 0) is 72.1 Å². The van der Waals surface area contributed by atoms with Crippen molar-refractivity contribution in [3.8, 4) is 11.1 Å². The van der Waals surface area contributed by atoms with E-state index in [2.05, 4.69) is 36.4 Å². The predicted octanol–water partition coefficient (Wildman–Crippen LogP) is 14.7. The highest BCUT2D eigenvalue weighted by Crippen LogP contribution is 2.46. The van der Waals surface area contributed by atoms with Gasteiger partial charge in [-0.15, -0.1) is 0 Å². The molecule has 0 bridgehead atoms. The lowest BCUT2D eigenvalue weighted by Crippen LogP contribution is -2.48. The third-order valence-electron chi connectivity index (χ3n) is 14.1. The van der Waals surface area contributed by atoms with Gasteiger partial charge in [0.1, 0.15) is 18.2 Å². The van der Waals surface area contributed by atoms with Gasteiger partial charge in [0.05, 0.1) is 6.42 Å². The number of likely N-dealkylation sites (N-methyl/N-ethyl adjacent to an activating group) is 1. The van der Waals surface area contributed by atoms with Gasteiger partial charge in [-0.25, -0.2) is 9.59 Å². The number of benzene rings is 6. The van der Waals surface area contributed by atoms with E-state index in [1.165, 1.54) is 70.4 Å². The Morgan fingerprint density at radius 1 is 0.588 bits per heavy atom. The molecule has 2 aliphatic rings. The summed E-state index contributed by atoms with van der Waals surface area (Å²) in [6.45, 7) is 3.60. The quantitative estimate of drug-likeness (QED) is 0.0652. The van der Waals surface area contributed by atoms with E-state index in [9.17, 15) is 9.59 Å². The lowest BCUT2D eigenvalue weighted by Gasteiger charge is -2.37. The normalized spacial score (nSPS) is 16.1. The van der Waals surface area contributed by atoms with Crippen molar-refractivity contribution in [1.29, 1.82) is 0 Å². The van der Waals surface area contributed by atoms with Gasteiger partial charge < -0.3 is 14.2 Å². The van der Waals surface area contributed by atoms with Crippen LogP contribution in [0, 0.1) is 0 Å². The number of hydrogen-bond acceptors (Lipinski definition) is 6. The molecule has 0 spiro atoms. The fourth-order valence-corrected chi connectivity index (χ4v) is 10.6. The van der Waals surface area contributed by atoms with E-state index in [-0.39, 0.29) is 12.5 Å². The largest absolute Gasteiger partial charge is 0.453 e. The van der Waals surface area contributed by atoms with Crippen LogP contribution >= 0.6 is 11.6 Å². The maximum atomic E-state index is 15.1. The van der Waals surface area contributed by atoms with Gasteiger partial charge in [0.2, 0.25) is 0 Å². The molecule has 2 aliphatic carbocycles. The topological polar surface area (TPSA) is 82.1 Å². The Morgan fingerprint density at radius 3 is 1.65 bits per heavy atom. The molecule has 0 aromatic heterocycles.